The summed E-state index contributed by atoms with van der Waals surface area (Å²) in [7, 11) is -4.51. The van der Waals surface area contributed by atoms with Gasteiger partial charge in [-0.15, -0.1) is 0 Å². The van der Waals surface area contributed by atoms with E-state index in [9.17, 15) is 23.1 Å². The van der Waals surface area contributed by atoms with Crippen LogP contribution in [0.2, 0.25) is 0 Å². The Bertz CT molecular complexity index is 1680. The number of amides is 1. The summed E-state index contributed by atoms with van der Waals surface area (Å²) in [4.78, 5) is 27.7. The average Bonchev–Trinajstić information content (AvgIpc) is 3.20. The molecule has 1 heterocycles. The third kappa shape index (κ3) is 4.09. The molecule has 1 unspecified atom stereocenters. The van der Waals surface area contributed by atoms with E-state index in [-0.39, 0.29) is 27.4 Å². The van der Waals surface area contributed by atoms with Crippen LogP contribution in [0.15, 0.2) is 95.9 Å². The average molecular weight is 540 g/mol. The van der Waals surface area contributed by atoms with E-state index in [1.165, 1.54) is 18.2 Å². The Morgan fingerprint density at radius 3 is 1.97 bits per heavy atom. The molecule has 0 saturated carbocycles. The van der Waals surface area contributed by atoms with Gasteiger partial charge in [-0.2, -0.15) is 4.31 Å². The zero-order chi connectivity index (χ0) is 27.9. The molecule has 5 rings (SSSR count). The molecule has 0 aliphatic carbocycles. The van der Waals surface area contributed by atoms with Gasteiger partial charge in [0.1, 0.15) is 0 Å². The minimum absolute atomic E-state index is 0.00497. The summed E-state index contributed by atoms with van der Waals surface area (Å²) >= 11 is 0. The predicted octanol–water partition coefficient (Wildman–Crippen LogP) is 5.39. The number of hydrogen-bond donors (Lipinski definition) is 1. The molecule has 1 aliphatic heterocycles. The van der Waals surface area contributed by atoms with Gasteiger partial charge in [0.15, 0.2) is 5.78 Å². The zero-order valence-electron chi connectivity index (χ0n) is 22.0. The maximum atomic E-state index is 14.1. The van der Waals surface area contributed by atoms with Gasteiger partial charge in [-0.3, -0.25) is 9.59 Å². The van der Waals surface area contributed by atoms with Gasteiger partial charge >= 0.3 is 0 Å². The van der Waals surface area contributed by atoms with Crippen LogP contribution in [-0.2, 0) is 28.6 Å². The number of rotatable bonds is 7. The second-order valence-electron chi connectivity index (χ2n) is 9.63. The maximum Gasteiger partial charge on any atom is 0.271 e. The zero-order valence-corrected chi connectivity index (χ0v) is 22.8. The lowest BCUT2D eigenvalue weighted by Crippen LogP contribution is -2.48. The van der Waals surface area contributed by atoms with Gasteiger partial charge in [0.2, 0.25) is 5.72 Å². The molecule has 39 heavy (non-hydrogen) atoms. The first-order valence-corrected chi connectivity index (χ1v) is 14.3. The molecule has 0 spiro atoms. The van der Waals surface area contributed by atoms with Crippen LogP contribution in [-0.4, -0.2) is 29.5 Å². The van der Waals surface area contributed by atoms with E-state index in [1.54, 1.807) is 66.7 Å². The number of aryl methyl sites for hydroxylation is 1. The minimum Gasteiger partial charge on any atom is -0.362 e. The van der Waals surface area contributed by atoms with E-state index in [0.717, 1.165) is 5.56 Å². The van der Waals surface area contributed by atoms with Crippen LogP contribution in [0.1, 0.15) is 67.9 Å². The molecule has 7 heteroatoms. The van der Waals surface area contributed by atoms with Gasteiger partial charge in [0.05, 0.1) is 10.5 Å². The highest BCUT2D eigenvalue weighted by Gasteiger charge is 2.57. The van der Waals surface area contributed by atoms with Gasteiger partial charge in [-0.1, -0.05) is 92.2 Å². The fourth-order valence-electron chi connectivity index (χ4n) is 5.48. The number of aliphatic hydroxyl groups is 1. The van der Waals surface area contributed by atoms with Crippen molar-refractivity contribution < 1.29 is 23.1 Å². The molecule has 0 bridgehead atoms. The standard InChI is InChI=1S/C32H29NO5S/c1-4-25-26(5-2)29-28(20-27(25)30(34)22-12-8-6-9-13-22)31(35)33(32(29,36)23-14-10-7-11-15-23)39(37,38)24-18-16-21(3)17-19-24/h6-20,36H,4-5H2,1-3H3. The molecule has 1 aliphatic rings. The van der Waals surface area contributed by atoms with Gasteiger partial charge in [0.25, 0.3) is 15.9 Å². The number of nitrogens with zero attached hydrogens (tertiary/aromatic N) is 1. The van der Waals surface area contributed by atoms with Crippen LogP contribution < -0.4 is 0 Å². The van der Waals surface area contributed by atoms with Crippen LogP contribution >= 0.6 is 0 Å². The molecule has 1 amide bonds. The highest BCUT2D eigenvalue weighted by molar-refractivity contribution is 7.89. The first kappa shape index (κ1) is 26.5. The second-order valence-corrected chi connectivity index (χ2v) is 11.4. The Morgan fingerprint density at radius 1 is 0.846 bits per heavy atom. The van der Waals surface area contributed by atoms with Crippen LogP contribution in [0.25, 0.3) is 0 Å². The van der Waals surface area contributed by atoms with E-state index in [4.69, 9.17) is 0 Å². The summed E-state index contributed by atoms with van der Waals surface area (Å²) < 4.78 is 28.8. The number of sulfonamides is 1. The lowest BCUT2D eigenvalue weighted by atomic mass is 9.82. The van der Waals surface area contributed by atoms with Crippen molar-refractivity contribution in [1.29, 1.82) is 0 Å². The molecule has 4 aromatic rings. The van der Waals surface area contributed by atoms with Crippen LogP contribution in [0.5, 0.6) is 0 Å². The van der Waals surface area contributed by atoms with Gasteiger partial charge in [-0.25, -0.2) is 8.42 Å². The quantitative estimate of drug-likeness (QED) is 0.318. The van der Waals surface area contributed by atoms with Crippen molar-refractivity contribution in [2.75, 3.05) is 0 Å². The van der Waals surface area contributed by atoms with Crippen molar-refractivity contribution in [3.63, 3.8) is 0 Å². The van der Waals surface area contributed by atoms with E-state index in [0.29, 0.717) is 39.4 Å². The summed E-state index contributed by atoms with van der Waals surface area (Å²) in [6.07, 6.45) is 0.830. The molecule has 4 aromatic carbocycles. The number of benzene rings is 4. The third-order valence-corrected chi connectivity index (χ3v) is 9.11. The van der Waals surface area contributed by atoms with Crippen LogP contribution in [0.4, 0.5) is 0 Å². The third-order valence-electron chi connectivity index (χ3n) is 7.33. The number of ketones is 1. The fourth-order valence-corrected chi connectivity index (χ4v) is 7.03. The Morgan fingerprint density at radius 2 is 1.41 bits per heavy atom. The van der Waals surface area contributed by atoms with Gasteiger partial charge in [-0.05, 0) is 49.1 Å². The summed E-state index contributed by atoms with van der Waals surface area (Å²) in [6.45, 7) is 5.61. The lowest BCUT2D eigenvalue weighted by molar-refractivity contribution is -0.00772. The van der Waals surface area contributed by atoms with Crippen LogP contribution in [0.3, 0.4) is 0 Å². The van der Waals surface area contributed by atoms with Crippen molar-refractivity contribution in [2.24, 2.45) is 0 Å². The van der Waals surface area contributed by atoms with Crippen molar-refractivity contribution >= 4 is 21.7 Å². The Balaban J connectivity index is 1.84. The van der Waals surface area contributed by atoms with Crippen molar-refractivity contribution in [3.8, 4) is 0 Å². The maximum absolute atomic E-state index is 14.1. The Labute approximate surface area is 228 Å². The van der Waals surface area contributed by atoms with E-state index in [1.807, 2.05) is 26.8 Å². The minimum atomic E-state index is -4.51. The first-order valence-electron chi connectivity index (χ1n) is 12.9. The van der Waals surface area contributed by atoms with E-state index in [2.05, 4.69) is 0 Å². The molecule has 0 aromatic heterocycles. The topological polar surface area (TPSA) is 91.8 Å². The number of hydrogen-bond acceptors (Lipinski definition) is 5. The first-order chi connectivity index (χ1) is 18.7. The molecule has 1 N–H and O–H groups in total. The highest BCUT2D eigenvalue weighted by Crippen LogP contribution is 2.48. The molecule has 0 saturated heterocycles. The summed E-state index contributed by atoms with van der Waals surface area (Å²) in [5.74, 6) is -1.14. The number of carbonyl (C=O) groups is 2. The number of fused-ring (bicyclic) bond motifs is 1. The number of carbonyl (C=O) groups excluding carboxylic acids is 2. The molecular weight excluding hydrogens is 510 g/mol. The second kappa shape index (κ2) is 9.91. The lowest BCUT2D eigenvalue weighted by Gasteiger charge is -2.35. The smallest absolute Gasteiger partial charge is 0.271 e. The summed E-state index contributed by atoms with van der Waals surface area (Å²) in [5, 5.41) is 12.5. The molecule has 0 radical (unpaired) electrons. The monoisotopic (exact) mass is 539 g/mol. The van der Waals surface area contributed by atoms with Crippen molar-refractivity contribution in [1.82, 2.24) is 4.31 Å². The molecular formula is C32H29NO5S. The molecule has 198 valence electrons. The Kier molecular flexibility index (Phi) is 6.74. The SMILES string of the molecule is CCc1c(C(=O)c2ccccc2)cc2c(c1CC)C(O)(c1ccccc1)N(S(=O)(=O)c1ccc(C)cc1)C2=O. The fraction of sp³-hybridized carbons (Fsp3) is 0.188. The summed E-state index contributed by atoms with van der Waals surface area (Å²) in [6, 6.07) is 24.7. The molecule has 6 nitrogen and oxygen atoms in total. The van der Waals surface area contributed by atoms with Crippen molar-refractivity contribution in [3.05, 3.63) is 136 Å². The molecule has 1 atom stereocenters. The van der Waals surface area contributed by atoms with Crippen molar-refractivity contribution in [2.45, 2.75) is 44.2 Å². The van der Waals surface area contributed by atoms with Gasteiger partial charge in [0, 0.05) is 22.3 Å². The highest BCUT2D eigenvalue weighted by atomic mass is 32.2. The predicted molar refractivity (Wildman–Crippen MR) is 149 cm³/mol. The van der Waals surface area contributed by atoms with Crippen LogP contribution in [0, 0.1) is 6.92 Å². The Hall–Kier alpha value is -4.07. The summed E-state index contributed by atoms with van der Waals surface area (Å²) in [5.41, 5.74) is 1.07. The normalized spacial score (nSPS) is 16.8. The largest absolute Gasteiger partial charge is 0.362 e. The van der Waals surface area contributed by atoms with Gasteiger partial charge < -0.3 is 5.11 Å². The van der Waals surface area contributed by atoms with E-state index < -0.39 is 21.7 Å². The molecule has 0 fully saturated rings. The van der Waals surface area contributed by atoms with E-state index >= 15 is 0 Å².